The van der Waals surface area contributed by atoms with E-state index in [0.717, 1.165) is 0 Å². The summed E-state index contributed by atoms with van der Waals surface area (Å²) in [6.45, 7) is 4.11. The number of rotatable bonds is 1. The van der Waals surface area contributed by atoms with Crippen molar-refractivity contribution < 1.29 is 9.53 Å². The van der Waals surface area contributed by atoms with Crippen LogP contribution in [0.5, 0.6) is 0 Å². The van der Waals surface area contributed by atoms with Gasteiger partial charge in [0.05, 0.1) is 5.92 Å². The van der Waals surface area contributed by atoms with E-state index in [4.69, 9.17) is 4.74 Å². The Kier molecular flexibility index (Phi) is 2.09. The molecule has 2 rings (SSSR count). The van der Waals surface area contributed by atoms with E-state index in [9.17, 15) is 4.79 Å². The van der Waals surface area contributed by atoms with Crippen LogP contribution < -0.4 is 0 Å². The molecule has 2 fully saturated rings. The Morgan fingerprint density at radius 3 is 2.38 bits per heavy atom. The van der Waals surface area contributed by atoms with Crippen LogP contribution in [0.2, 0.25) is 0 Å². The average Bonchev–Trinajstić information content (AvgIpc) is 2.19. The molecule has 1 saturated heterocycles. The highest BCUT2D eigenvalue weighted by molar-refractivity contribution is 5.79. The van der Waals surface area contributed by atoms with E-state index in [2.05, 4.69) is 6.92 Å². The van der Waals surface area contributed by atoms with Crippen LogP contribution in [0.3, 0.4) is 0 Å². The lowest BCUT2D eigenvalue weighted by Gasteiger charge is -2.49. The second kappa shape index (κ2) is 3.00. The molecular formula is C11H18O2. The average molecular weight is 182 g/mol. The molecule has 0 aromatic heterocycles. The Balaban J connectivity index is 2.02. The van der Waals surface area contributed by atoms with Gasteiger partial charge in [0.2, 0.25) is 0 Å². The van der Waals surface area contributed by atoms with Gasteiger partial charge in [0.25, 0.3) is 0 Å². The van der Waals surface area contributed by atoms with Gasteiger partial charge in [-0.1, -0.05) is 19.3 Å². The quantitative estimate of drug-likeness (QED) is 0.582. The topological polar surface area (TPSA) is 26.3 Å². The summed E-state index contributed by atoms with van der Waals surface area (Å²) in [6.07, 6.45) is 6.46. The third kappa shape index (κ3) is 1.27. The van der Waals surface area contributed by atoms with Gasteiger partial charge in [-0.15, -0.1) is 0 Å². The minimum Gasteiger partial charge on any atom is -0.458 e. The van der Waals surface area contributed by atoms with Crippen LogP contribution in [-0.2, 0) is 9.53 Å². The van der Waals surface area contributed by atoms with E-state index in [1.54, 1.807) is 0 Å². The standard InChI is InChI=1S/C11H18O2/c1-8-10(12)13-11(8,2)9-6-4-3-5-7-9/h8-9H,3-7H2,1-2H3/t8-,11-/m0/s1. The van der Waals surface area contributed by atoms with Crippen molar-refractivity contribution in [2.75, 3.05) is 0 Å². The summed E-state index contributed by atoms with van der Waals surface area (Å²) in [5.41, 5.74) is -0.127. The van der Waals surface area contributed by atoms with Crippen LogP contribution in [-0.4, -0.2) is 11.6 Å². The predicted octanol–water partition coefficient (Wildman–Crippen LogP) is 2.52. The van der Waals surface area contributed by atoms with Crippen molar-refractivity contribution in [3.05, 3.63) is 0 Å². The first-order valence-electron chi connectivity index (χ1n) is 5.37. The van der Waals surface area contributed by atoms with Gasteiger partial charge in [0, 0.05) is 0 Å². The predicted molar refractivity (Wildman–Crippen MR) is 50.2 cm³/mol. The van der Waals surface area contributed by atoms with E-state index in [0.29, 0.717) is 5.92 Å². The summed E-state index contributed by atoms with van der Waals surface area (Å²) >= 11 is 0. The van der Waals surface area contributed by atoms with Gasteiger partial charge < -0.3 is 4.74 Å². The molecule has 0 aromatic rings. The summed E-state index contributed by atoms with van der Waals surface area (Å²) in [6, 6.07) is 0. The van der Waals surface area contributed by atoms with Crippen molar-refractivity contribution in [1.29, 1.82) is 0 Å². The molecule has 1 aliphatic carbocycles. The number of hydrogen-bond acceptors (Lipinski definition) is 2. The van der Waals surface area contributed by atoms with Gasteiger partial charge in [0.1, 0.15) is 5.60 Å². The molecule has 0 amide bonds. The lowest BCUT2D eigenvalue weighted by atomic mass is 9.69. The maximum Gasteiger partial charge on any atom is 0.313 e. The number of esters is 1. The second-order valence-corrected chi connectivity index (χ2v) is 4.66. The van der Waals surface area contributed by atoms with Gasteiger partial charge in [0.15, 0.2) is 0 Å². The Bertz CT molecular complexity index is 218. The molecule has 2 nitrogen and oxygen atoms in total. The van der Waals surface area contributed by atoms with Crippen LogP contribution in [0, 0.1) is 11.8 Å². The molecule has 2 heteroatoms. The van der Waals surface area contributed by atoms with Crippen molar-refractivity contribution in [3.8, 4) is 0 Å². The van der Waals surface area contributed by atoms with E-state index in [1.165, 1.54) is 32.1 Å². The maximum absolute atomic E-state index is 11.1. The largest absolute Gasteiger partial charge is 0.458 e. The summed E-state index contributed by atoms with van der Waals surface area (Å²) in [5, 5.41) is 0. The fraction of sp³-hybridized carbons (Fsp3) is 0.909. The first-order chi connectivity index (χ1) is 6.14. The molecule has 2 aliphatic rings. The monoisotopic (exact) mass is 182 g/mol. The summed E-state index contributed by atoms with van der Waals surface area (Å²) in [4.78, 5) is 11.1. The lowest BCUT2D eigenvalue weighted by Crippen LogP contribution is -2.58. The number of ether oxygens (including phenoxy) is 1. The molecule has 1 heterocycles. The molecule has 13 heavy (non-hydrogen) atoms. The summed E-state index contributed by atoms with van der Waals surface area (Å²) in [7, 11) is 0. The minimum atomic E-state index is -0.127. The van der Waals surface area contributed by atoms with Crippen LogP contribution >= 0.6 is 0 Å². The van der Waals surface area contributed by atoms with Gasteiger partial charge in [-0.3, -0.25) is 4.79 Å². The number of cyclic esters (lactones) is 1. The molecule has 0 aromatic carbocycles. The van der Waals surface area contributed by atoms with E-state index in [-0.39, 0.29) is 17.5 Å². The molecule has 1 aliphatic heterocycles. The molecule has 74 valence electrons. The zero-order valence-corrected chi connectivity index (χ0v) is 8.51. The van der Waals surface area contributed by atoms with Crippen LogP contribution in [0.4, 0.5) is 0 Å². The summed E-state index contributed by atoms with van der Waals surface area (Å²) < 4.78 is 5.34. The van der Waals surface area contributed by atoms with Gasteiger partial charge in [-0.05, 0) is 32.6 Å². The number of carbonyl (C=O) groups excluding carboxylic acids is 1. The SMILES string of the molecule is C[C@H]1C(=O)O[C@]1(C)C1CCCCC1. The number of carbonyl (C=O) groups is 1. The lowest BCUT2D eigenvalue weighted by molar-refractivity contribution is -0.221. The molecule has 2 atom stereocenters. The van der Waals surface area contributed by atoms with Crippen molar-refractivity contribution in [2.24, 2.45) is 11.8 Å². The Hall–Kier alpha value is -0.530. The Morgan fingerprint density at radius 1 is 1.31 bits per heavy atom. The van der Waals surface area contributed by atoms with Crippen LogP contribution in [0.1, 0.15) is 46.0 Å². The highest BCUT2D eigenvalue weighted by Gasteiger charge is 2.54. The molecular weight excluding hydrogens is 164 g/mol. The summed E-state index contributed by atoms with van der Waals surface area (Å²) in [5.74, 6) is 0.734. The maximum atomic E-state index is 11.1. The molecule has 0 spiro atoms. The van der Waals surface area contributed by atoms with Crippen molar-refractivity contribution >= 4 is 5.97 Å². The third-order valence-corrected chi connectivity index (χ3v) is 3.95. The third-order valence-electron chi connectivity index (χ3n) is 3.95. The second-order valence-electron chi connectivity index (χ2n) is 4.66. The van der Waals surface area contributed by atoms with Crippen LogP contribution in [0.15, 0.2) is 0 Å². The van der Waals surface area contributed by atoms with Gasteiger partial charge >= 0.3 is 5.97 Å². The molecule has 0 N–H and O–H groups in total. The smallest absolute Gasteiger partial charge is 0.313 e. The first-order valence-corrected chi connectivity index (χ1v) is 5.37. The zero-order chi connectivity index (χ0) is 9.47. The fourth-order valence-electron chi connectivity index (χ4n) is 2.68. The van der Waals surface area contributed by atoms with Crippen molar-refractivity contribution in [1.82, 2.24) is 0 Å². The minimum absolute atomic E-state index is 0.00641. The molecule has 0 bridgehead atoms. The highest BCUT2D eigenvalue weighted by atomic mass is 16.6. The Morgan fingerprint density at radius 2 is 1.92 bits per heavy atom. The first kappa shape index (κ1) is 9.04. The van der Waals surface area contributed by atoms with Crippen molar-refractivity contribution in [3.63, 3.8) is 0 Å². The fourth-order valence-corrected chi connectivity index (χ4v) is 2.68. The molecule has 0 unspecified atom stereocenters. The number of hydrogen-bond donors (Lipinski definition) is 0. The zero-order valence-electron chi connectivity index (χ0n) is 8.51. The highest BCUT2D eigenvalue weighted by Crippen LogP contribution is 2.45. The molecule has 0 radical (unpaired) electrons. The van der Waals surface area contributed by atoms with Gasteiger partial charge in [-0.2, -0.15) is 0 Å². The Labute approximate surface area is 79.7 Å². The van der Waals surface area contributed by atoms with Crippen LogP contribution in [0.25, 0.3) is 0 Å². The molecule has 1 saturated carbocycles. The van der Waals surface area contributed by atoms with E-state index >= 15 is 0 Å². The van der Waals surface area contributed by atoms with Crippen molar-refractivity contribution in [2.45, 2.75) is 51.6 Å². The van der Waals surface area contributed by atoms with E-state index in [1.807, 2.05) is 6.92 Å². The van der Waals surface area contributed by atoms with E-state index < -0.39 is 0 Å². The van der Waals surface area contributed by atoms with Gasteiger partial charge in [-0.25, -0.2) is 0 Å². The normalized spacial score (nSPS) is 41.1.